The van der Waals surface area contributed by atoms with Gasteiger partial charge in [0.15, 0.2) is 24.5 Å². The van der Waals surface area contributed by atoms with E-state index in [-0.39, 0.29) is 19.3 Å². The van der Waals surface area contributed by atoms with Crippen LogP contribution in [0.2, 0.25) is 0 Å². The van der Waals surface area contributed by atoms with Crippen molar-refractivity contribution in [2.45, 2.75) is 50.5 Å². The fourth-order valence-corrected chi connectivity index (χ4v) is 2.65. The van der Waals surface area contributed by atoms with Gasteiger partial charge in [-0.2, -0.15) is 0 Å². The van der Waals surface area contributed by atoms with Gasteiger partial charge in [-0.3, -0.25) is 0 Å². The molecule has 0 bridgehead atoms. The molecule has 0 aliphatic carbocycles. The average molecular weight is 302 g/mol. The number of methoxy groups -OCH3 is 2. The smallest absolute Gasteiger partial charge is 0.338 e. The summed E-state index contributed by atoms with van der Waals surface area (Å²) >= 11 is 0. The minimum atomic E-state index is -1.20. The summed E-state index contributed by atoms with van der Waals surface area (Å²) in [7, 11) is 2.82. The number of fused-ring (bicyclic) bond motifs is 1. The molecular formula is C14H22O7. The van der Waals surface area contributed by atoms with Crippen LogP contribution in [0.1, 0.15) is 26.7 Å². The molecule has 120 valence electrons. The molecule has 7 nitrogen and oxygen atoms in total. The van der Waals surface area contributed by atoms with Crippen LogP contribution in [0.5, 0.6) is 0 Å². The van der Waals surface area contributed by atoms with Crippen molar-refractivity contribution in [3.63, 3.8) is 0 Å². The Morgan fingerprint density at radius 3 is 2.57 bits per heavy atom. The van der Waals surface area contributed by atoms with Gasteiger partial charge in [-0.25, -0.2) is 4.79 Å². The largest absolute Gasteiger partial charge is 0.472 e. The van der Waals surface area contributed by atoms with Gasteiger partial charge in [0, 0.05) is 20.0 Å². The van der Waals surface area contributed by atoms with Crippen LogP contribution in [0.4, 0.5) is 0 Å². The topological polar surface area (TPSA) is 72.5 Å². The number of carbonyl (C=O) groups is 1. The van der Waals surface area contributed by atoms with Crippen molar-refractivity contribution in [1.29, 1.82) is 0 Å². The van der Waals surface area contributed by atoms with Crippen molar-refractivity contribution in [2.24, 2.45) is 0 Å². The van der Waals surface area contributed by atoms with Crippen molar-refractivity contribution in [1.82, 2.24) is 0 Å². The van der Waals surface area contributed by atoms with Crippen molar-refractivity contribution in [3.05, 3.63) is 12.3 Å². The molecule has 0 radical (unpaired) electrons. The maximum atomic E-state index is 12.2. The molecule has 3 atom stereocenters. The van der Waals surface area contributed by atoms with E-state index >= 15 is 0 Å². The van der Waals surface area contributed by atoms with E-state index in [1.807, 2.05) is 0 Å². The van der Waals surface area contributed by atoms with E-state index in [2.05, 4.69) is 6.58 Å². The molecule has 0 aromatic carbocycles. The van der Waals surface area contributed by atoms with Crippen LogP contribution >= 0.6 is 0 Å². The van der Waals surface area contributed by atoms with Gasteiger partial charge in [0.25, 0.3) is 0 Å². The SMILES string of the molecule is C=C(C[C@]1(C(=O)OC)C[C@H]2OC(C)(C)O[C@H]2O1)OCOC. The summed E-state index contributed by atoms with van der Waals surface area (Å²) in [6.45, 7) is 7.43. The highest BCUT2D eigenvalue weighted by molar-refractivity contribution is 5.80. The standard InChI is InChI=1S/C14H22O7/c1-9(18-8-16-4)6-14(12(15)17-5)7-10-11(21-14)20-13(2,3)19-10/h10-11H,1,6-8H2,2-5H3/t10-,11+,14-/m1/s1. The molecule has 2 saturated heterocycles. The second-order valence-electron chi connectivity index (χ2n) is 5.62. The van der Waals surface area contributed by atoms with E-state index in [4.69, 9.17) is 28.4 Å². The molecule has 0 saturated carbocycles. The van der Waals surface area contributed by atoms with Crippen molar-refractivity contribution in [3.8, 4) is 0 Å². The monoisotopic (exact) mass is 302 g/mol. The number of rotatable bonds is 6. The minimum absolute atomic E-state index is 0.0585. The third-order valence-electron chi connectivity index (χ3n) is 3.43. The summed E-state index contributed by atoms with van der Waals surface area (Å²) in [5.41, 5.74) is -1.20. The summed E-state index contributed by atoms with van der Waals surface area (Å²) in [5.74, 6) is -0.841. The number of carbonyl (C=O) groups excluding carboxylic acids is 1. The Hall–Kier alpha value is -1.15. The number of hydrogen-bond donors (Lipinski definition) is 0. The highest BCUT2D eigenvalue weighted by Crippen LogP contribution is 2.45. The summed E-state index contributed by atoms with van der Waals surface area (Å²) in [6, 6.07) is 0. The molecule has 21 heavy (non-hydrogen) atoms. The molecular weight excluding hydrogens is 280 g/mol. The lowest BCUT2D eigenvalue weighted by atomic mass is 9.94. The van der Waals surface area contributed by atoms with Gasteiger partial charge < -0.3 is 28.4 Å². The van der Waals surface area contributed by atoms with E-state index in [0.29, 0.717) is 12.2 Å². The van der Waals surface area contributed by atoms with Crippen LogP contribution < -0.4 is 0 Å². The van der Waals surface area contributed by atoms with E-state index in [9.17, 15) is 4.79 Å². The number of ether oxygens (including phenoxy) is 6. The van der Waals surface area contributed by atoms with Crippen molar-refractivity contribution >= 4 is 5.97 Å². The lowest BCUT2D eigenvalue weighted by Gasteiger charge is -2.29. The first kappa shape index (κ1) is 16.2. The molecule has 2 aliphatic heterocycles. The molecule has 2 aliphatic rings. The van der Waals surface area contributed by atoms with E-state index in [0.717, 1.165) is 0 Å². The van der Waals surface area contributed by atoms with Crippen LogP contribution in [-0.2, 0) is 33.2 Å². The van der Waals surface area contributed by atoms with E-state index in [1.165, 1.54) is 14.2 Å². The molecule has 0 aromatic heterocycles. The Balaban J connectivity index is 2.08. The van der Waals surface area contributed by atoms with Crippen LogP contribution in [0, 0.1) is 0 Å². The normalized spacial score (nSPS) is 33.5. The summed E-state index contributed by atoms with van der Waals surface area (Å²) in [4.78, 5) is 12.2. The van der Waals surface area contributed by atoms with Gasteiger partial charge in [0.05, 0.1) is 12.9 Å². The second-order valence-corrected chi connectivity index (χ2v) is 5.62. The molecule has 2 rings (SSSR count). The van der Waals surface area contributed by atoms with Crippen LogP contribution in [0.15, 0.2) is 12.3 Å². The van der Waals surface area contributed by atoms with Crippen LogP contribution in [0.25, 0.3) is 0 Å². The maximum absolute atomic E-state index is 12.2. The maximum Gasteiger partial charge on any atom is 0.338 e. The average Bonchev–Trinajstić information content (AvgIpc) is 2.85. The molecule has 2 fully saturated rings. The lowest BCUT2D eigenvalue weighted by molar-refractivity contribution is -0.231. The third kappa shape index (κ3) is 3.37. The van der Waals surface area contributed by atoms with Gasteiger partial charge in [-0.1, -0.05) is 6.58 Å². The molecule has 0 spiro atoms. The van der Waals surface area contributed by atoms with Gasteiger partial charge in [0.2, 0.25) is 0 Å². The summed E-state index contributed by atoms with van der Waals surface area (Å²) < 4.78 is 32.1. The predicted molar refractivity (Wildman–Crippen MR) is 71.0 cm³/mol. The van der Waals surface area contributed by atoms with Gasteiger partial charge in [-0.15, -0.1) is 0 Å². The zero-order valence-corrected chi connectivity index (χ0v) is 12.8. The Morgan fingerprint density at radius 1 is 1.29 bits per heavy atom. The highest BCUT2D eigenvalue weighted by atomic mass is 16.8. The van der Waals surface area contributed by atoms with E-state index < -0.39 is 23.6 Å². The lowest BCUT2D eigenvalue weighted by Crippen LogP contribution is -2.42. The molecule has 0 aromatic rings. The Labute approximate surface area is 124 Å². The molecule has 0 N–H and O–H groups in total. The van der Waals surface area contributed by atoms with Gasteiger partial charge >= 0.3 is 5.97 Å². The molecule has 0 amide bonds. The zero-order chi connectivity index (χ0) is 15.7. The molecule has 7 heteroatoms. The Morgan fingerprint density at radius 2 is 2.00 bits per heavy atom. The van der Waals surface area contributed by atoms with Crippen molar-refractivity contribution in [2.75, 3.05) is 21.0 Å². The van der Waals surface area contributed by atoms with E-state index in [1.54, 1.807) is 13.8 Å². The Kier molecular flexibility index (Phi) is 4.57. The van der Waals surface area contributed by atoms with Crippen LogP contribution in [0.3, 0.4) is 0 Å². The molecule has 0 unspecified atom stereocenters. The first-order chi connectivity index (χ1) is 9.82. The minimum Gasteiger partial charge on any atom is -0.472 e. The quantitative estimate of drug-likeness (QED) is 0.416. The first-order valence-corrected chi connectivity index (χ1v) is 6.73. The fourth-order valence-electron chi connectivity index (χ4n) is 2.65. The fraction of sp³-hybridized carbons (Fsp3) is 0.786. The summed E-state index contributed by atoms with van der Waals surface area (Å²) in [5, 5.41) is 0. The molecule has 2 heterocycles. The summed E-state index contributed by atoms with van der Waals surface area (Å²) in [6.07, 6.45) is -0.449. The zero-order valence-electron chi connectivity index (χ0n) is 12.8. The number of hydrogen-bond acceptors (Lipinski definition) is 7. The highest BCUT2D eigenvalue weighted by Gasteiger charge is 2.59. The first-order valence-electron chi connectivity index (χ1n) is 6.73. The second kappa shape index (κ2) is 5.92. The third-order valence-corrected chi connectivity index (χ3v) is 3.43. The van der Waals surface area contributed by atoms with Gasteiger partial charge in [-0.05, 0) is 13.8 Å². The number of esters is 1. The predicted octanol–water partition coefficient (Wildman–Crippen LogP) is 1.32. The van der Waals surface area contributed by atoms with Crippen LogP contribution in [-0.4, -0.2) is 50.8 Å². The van der Waals surface area contributed by atoms with Crippen molar-refractivity contribution < 1.29 is 33.2 Å². The van der Waals surface area contributed by atoms with Gasteiger partial charge in [0.1, 0.15) is 6.10 Å². The Bertz CT molecular complexity index is 402.